The Bertz CT molecular complexity index is 445. The molecule has 0 bridgehead atoms. The summed E-state index contributed by atoms with van der Waals surface area (Å²) in [7, 11) is 0. The lowest BCUT2D eigenvalue weighted by Crippen LogP contribution is -2.27. The van der Waals surface area contributed by atoms with Crippen molar-refractivity contribution in [3.8, 4) is 5.75 Å². The number of phenolic OH excluding ortho intramolecular Hbond substituents is 1. The van der Waals surface area contributed by atoms with E-state index in [-0.39, 0.29) is 5.75 Å². The zero-order valence-electron chi connectivity index (χ0n) is 10.7. The van der Waals surface area contributed by atoms with Crippen molar-refractivity contribution < 1.29 is 19.4 Å². The molecule has 0 radical (unpaired) electrons. The average molecular weight is 250 g/mol. The van der Waals surface area contributed by atoms with E-state index >= 15 is 0 Å². The van der Waals surface area contributed by atoms with Crippen LogP contribution in [0.15, 0.2) is 12.1 Å². The van der Waals surface area contributed by atoms with Crippen LogP contribution < -0.4 is 0 Å². The first-order valence-electron chi connectivity index (χ1n) is 6.38. The molecule has 18 heavy (non-hydrogen) atoms. The number of benzene rings is 1. The minimum Gasteiger partial charge on any atom is -0.507 e. The van der Waals surface area contributed by atoms with Gasteiger partial charge in [0.05, 0.1) is 5.56 Å². The monoisotopic (exact) mass is 250 g/mol. The van der Waals surface area contributed by atoms with Gasteiger partial charge in [-0.3, -0.25) is 0 Å². The van der Waals surface area contributed by atoms with Crippen molar-refractivity contribution in [2.24, 2.45) is 0 Å². The Morgan fingerprint density at radius 3 is 2.39 bits per heavy atom. The first kappa shape index (κ1) is 12.7. The summed E-state index contributed by atoms with van der Waals surface area (Å²) in [6.45, 7) is 4.18. The van der Waals surface area contributed by atoms with E-state index in [1.807, 2.05) is 6.07 Å². The number of hydrogen-bond acceptors (Lipinski definition) is 4. The Balaban J connectivity index is 2.32. The van der Waals surface area contributed by atoms with Gasteiger partial charge in [0.1, 0.15) is 5.75 Å². The van der Waals surface area contributed by atoms with Crippen molar-refractivity contribution in [3.63, 3.8) is 0 Å². The number of ether oxygens (including phenoxy) is 2. The van der Waals surface area contributed by atoms with Crippen LogP contribution in [0.2, 0.25) is 0 Å². The van der Waals surface area contributed by atoms with Gasteiger partial charge < -0.3 is 14.6 Å². The third-order valence-electron chi connectivity index (χ3n) is 3.09. The third kappa shape index (κ3) is 2.28. The van der Waals surface area contributed by atoms with Gasteiger partial charge >= 0.3 is 6.16 Å². The number of carbonyl (C=O) groups is 1. The van der Waals surface area contributed by atoms with E-state index in [9.17, 15) is 9.90 Å². The second kappa shape index (κ2) is 5.29. The second-order valence-electron chi connectivity index (χ2n) is 4.46. The molecule has 0 atom stereocenters. The van der Waals surface area contributed by atoms with Gasteiger partial charge in [-0.2, -0.15) is 0 Å². The Kier molecular flexibility index (Phi) is 3.75. The Morgan fingerprint density at radius 1 is 1.17 bits per heavy atom. The molecular formula is C14H18O4. The van der Waals surface area contributed by atoms with E-state index in [2.05, 4.69) is 13.8 Å². The van der Waals surface area contributed by atoms with Gasteiger partial charge in [0, 0.05) is 0 Å². The van der Waals surface area contributed by atoms with Crippen molar-refractivity contribution >= 4 is 6.16 Å². The van der Waals surface area contributed by atoms with E-state index in [1.54, 1.807) is 6.07 Å². The van der Waals surface area contributed by atoms with Crippen LogP contribution in [0, 0.1) is 0 Å². The molecule has 1 fully saturated rings. The molecule has 1 aromatic rings. The molecule has 1 aromatic carbocycles. The number of rotatable bonds is 5. The summed E-state index contributed by atoms with van der Waals surface area (Å²) < 4.78 is 9.64. The van der Waals surface area contributed by atoms with Crippen molar-refractivity contribution in [1.82, 2.24) is 0 Å². The first-order valence-corrected chi connectivity index (χ1v) is 6.38. The highest BCUT2D eigenvalue weighted by molar-refractivity contribution is 5.65. The minimum atomic E-state index is -0.746. The average Bonchev–Trinajstić information content (AvgIpc) is 2.31. The Labute approximate surface area is 107 Å². The number of aryl methyl sites for hydroxylation is 1. The van der Waals surface area contributed by atoms with E-state index < -0.39 is 12.4 Å². The topological polar surface area (TPSA) is 55.8 Å². The highest BCUT2D eigenvalue weighted by Gasteiger charge is 2.34. The quantitative estimate of drug-likeness (QED) is 0.813. The molecule has 1 N–H and O–H groups in total. The molecule has 2 rings (SSSR count). The first-order chi connectivity index (χ1) is 8.67. The molecular weight excluding hydrogens is 232 g/mol. The fraction of sp³-hybridized carbons (Fsp3) is 0.500. The summed E-state index contributed by atoms with van der Waals surface area (Å²) in [4.78, 5) is 10.6. The largest absolute Gasteiger partial charge is 0.515 e. The van der Waals surface area contributed by atoms with Crippen LogP contribution in [-0.4, -0.2) is 11.3 Å². The van der Waals surface area contributed by atoms with Gasteiger partial charge in [0.2, 0.25) is 0 Å². The van der Waals surface area contributed by atoms with Gasteiger partial charge in [0.25, 0.3) is 6.29 Å². The van der Waals surface area contributed by atoms with Crippen LogP contribution in [0.5, 0.6) is 5.75 Å². The van der Waals surface area contributed by atoms with Crippen LogP contribution in [0.3, 0.4) is 0 Å². The molecule has 4 nitrogen and oxygen atoms in total. The van der Waals surface area contributed by atoms with Crippen molar-refractivity contribution in [1.29, 1.82) is 0 Å². The molecule has 0 unspecified atom stereocenters. The molecule has 0 amide bonds. The molecule has 1 aliphatic rings. The maximum absolute atomic E-state index is 10.6. The summed E-state index contributed by atoms with van der Waals surface area (Å²) in [5.74, 6) is 0.209. The summed E-state index contributed by atoms with van der Waals surface area (Å²) in [6, 6.07) is 3.76. The Morgan fingerprint density at radius 2 is 1.83 bits per heavy atom. The van der Waals surface area contributed by atoms with Gasteiger partial charge in [-0.25, -0.2) is 4.79 Å². The van der Waals surface area contributed by atoms with Crippen molar-refractivity contribution in [2.45, 2.75) is 45.8 Å². The van der Waals surface area contributed by atoms with Gasteiger partial charge in [-0.05, 0) is 30.0 Å². The van der Waals surface area contributed by atoms with E-state index in [1.165, 1.54) is 0 Å². The van der Waals surface area contributed by atoms with Crippen LogP contribution in [0.4, 0.5) is 4.79 Å². The van der Waals surface area contributed by atoms with Crippen molar-refractivity contribution in [3.05, 3.63) is 28.8 Å². The lowest BCUT2D eigenvalue weighted by molar-refractivity contribution is -0.187. The summed E-state index contributed by atoms with van der Waals surface area (Å²) in [5.41, 5.74) is 2.65. The molecule has 98 valence electrons. The molecule has 0 saturated carbocycles. The maximum Gasteiger partial charge on any atom is 0.515 e. The fourth-order valence-electron chi connectivity index (χ4n) is 2.23. The minimum absolute atomic E-state index is 0.209. The van der Waals surface area contributed by atoms with E-state index in [0.717, 1.165) is 36.8 Å². The SMILES string of the molecule is CCCc1ccc(C2OC(=O)O2)c(O)c1CCC. The van der Waals surface area contributed by atoms with E-state index in [4.69, 9.17) is 9.47 Å². The summed E-state index contributed by atoms with van der Waals surface area (Å²) in [5, 5.41) is 10.3. The molecule has 1 aliphatic heterocycles. The summed E-state index contributed by atoms with van der Waals surface area (Å²) in [6.07, 6.45) is 2.31. The maximum atomic E-state index is 10.6. The highest BCUT2D eigenvalue weighted by atomic mass is 16.9. The summed E-state index contributed by atoms with van der Waals surface area (Å²) >= 11 is 0. The highest BCUT2D eigenvalue weighted by Crippen LogP contribution is 2.38. The standard InChI is InChI=1S/C14H18O4/c1-3-5-9-7-8-11(13-17-14(16)18-13)12(15)10(9)6-4-2/h7-8,13,15H,3-6H2,1-2H3. The fourth-order valence-corrected chi connectivity index (χ4v) is 2.23. The predicted molar refractivity (Wildman–Crippen MR) is 66.4 cm³/mol. The molecule has 0 aliphatic carbocycles. The predicted octanol–water partition coefficient (Wildman–Crippen LogP) is 3.46. The molecule has 0 aromatic heterocycles. The molecule has 1 heterocycles. The molecule has 4 heteroatoms. The molecule has 1 saturated heterocycles. The number of cyclic esters (lactones) is 2. The lowest BCUT2D eigenvalue weighted by Gasteiger charge is -2.27. The normalized spacial score (nSPS) is 14.9. The second-order valence-corrected chi connectivity index (χ2v) is 4.46. The van der Waals surface area contributed by atoms with Gasteiger partial charge in [0.15, 0.2) is 0 Å². The smallest absolute Gasteiger partial charge is 0.507 e. The Hall–Kier alpha value is -1.71. The zero-order valence-corrected chi connectivity index (χ0v) is 10.7. The van der Waals surface area contributed by atoms with E-state index in [0.29, 0.717) is 5.56 Å². The van der Waals surface area contributed by atoms with Gasteiger partial charge in [-0.15, -0.1) is 0 Å². The van der Waals surface area contributed by atoms with Crippen molar-refractivity contribution in [2.75, 3.05) is 0 Å². The number of aromatic hydroxyl groups is 1. The third-order valence-corrected chi connectivity index (χ3v) is 3.09. The zero-order chi connectivity index (χ0) is 13.1. The molecule has 0 spiro atoms. The lowest BCUT2D eigenvalue weighted by atomic mass is 9.95. The number of carbonyl (C=O) groups excluding carboxylic acids is 1. The van der Waals surface area contributed by atoms with Gasteiger partial charge in [-0.1, -0.05) is 32.8 Å². The van der Waals surface area contributed by atoms with Crippen LogP contribution in [-0.2, 0) is 22.3 Å². The number of hydrogen-bond donors (Lipinski definition) is 1. The number of phenols is 1. The van der Waals surface area contributed by atoms with Crippen LogP contribution in [0.25, 0.3) is 0 Å². The van der Waals surface area contributed by atoms with Crippen LogP contribution >= 0.6 is 0 Å². The van der Waals surface area contributed by atoms with Crippen LogP contribution in [0.1, 0.15) is 49.7 Å².